The number of Topliss-reactive ketones (excluding diaryl/α,β-unsaturated/α-hetero) is 1. The van der Waals surface area contributed by atoms with Gasteiger partial charge in [-0.3, -0.25) is 9.59 Å². The van der Waals surface area contributed by atoms with E-state index in [1.165, 1.54) is 11.3 Å². The van der Waals surface area contributed by atoms with E-state index in [0.717, 1.165) is 58.9 Å². The molecule has 2 saturated carbocycles. The number of ether oxygens (including phenoxy) is 1. The Kier molecular flexibility index (Phi) is 7.51. The van der Waals surface area contributed by atoms with Gasteiger partial charge in [0.1, 0.15) is 6.04 Å². The van der Waals surface area contributed by atoms with E-state index in [1.54, 1.807) is 19.0 Å². The van der Waals surface area contributed by atoms with Crippen LogP contribution in [0.5, 0.6) is 0 Å². The third-order valence-corrected chi connectivity index (χ3v) is 15.2. The number of aliphatic hydroxyl groups is 2. The van der Waals surface area contributed by atoms with Crippen LogP contribution in [0, 0.1) is 28.6 Å². The van der Waals surface area contributed by atoms with Gasteiger partial charge in [-0.15, -0.1) is 0 Å². The van der Waals surface area contributed by atoms with Crippen LogP contribution in [0.1, 0.15) is 133 Å². The fourth-order valence-electron chi connectivity index (χ4n) is 12.9. The van der Waals surface area contributed by atoms with Gasteiger partial charge >= 0.3 is 0 Å². The molecule has 1 amide bonds. The Morgan fingerprint density at radius 1 is 1.06 bits per heavy atom. The van der Waals surface area contributed by atoms with E-state index >= 15 is 0 Å². The highest BCUT2D eigenvalue weighted by Crippen LogP contribution is 2.71. The Morgan fingerprint density at radius 2 is 1.75 bits per heavy atom. The quantitative estimate of drug-likeness (QED) is 0.190. The van der Waals surface area contributed by atoms with Crippen molar-refractivity contribution in [2.24, 2.45) is 28.6 Å². The van der Waals surface area contributed by atoms with E-state index in [1.807, 2.05) is 26.0 Å². The van der Waals surface area contributed by atoms with E-state index in [0.29, 0.717) is 23.5 Å². The van der Waals surface area contributed by atoms with Crippen LogP contribution in [0.3, 0.4) is 0 Å². The Balaban J connectivity index is 1.33. The molecule has 2 aromatic rings. The van der Waals surface area contributed by atoms with Crippen LogP contribution in [0.2, 0.25) is 0 Å². The first-order chi connectivity index (χ1) is 24.1. The molecule has 0 saturated heterocycles. The van der Waals surface area contributed by atoms with E-state index in [2.05, 4.69) is 77.8 Å². The van der Waals surface area contributed by atoms with E-state index < -0.39 is 34.9 Å². The highest BCUT2D eigenvalue weighted by molar-refractivity contribution is 6.18. The lowest BCUT2D eigenvalue weighted by Gasteiger charge is -2.64. The first-order valence-electron chi connectivity index (χ1n) is 19.4. The van der Waals surface area contributed by atoms with Gasteiger partial charge in [-0.1, -0.05) is 51.2 Å². The van der Waals surface area contributed by atoms with Crippen molar-refractivity contribution < 1.29 is 24.5 Å². The van der Waals surface area contributed by atoms with Gasteiger partial charge in [0.25, 0.3) is 0 Å². The van der Waals surface area contributed by atoms with Gasteiger partial charge in [-0.05, 0) is 120 Å². The second-order valence-corrected chi connectivity index (χ2v) is 19.2. The lowest BCUT2D eigenvalue weighted by atomic mass is 9.40. The predicted molar refractivity (Wildman–Crippen MR) is 206 cm³/mol. The Bertz CT molecular complexity index is 2070. The largest absolute Gasteiger partial charge is 0.392 e. The summed E-state index contributed by atoms with van der Waals surface area (Å²) in [7, 11) is 3.52. The maximum Gasteiger partial charge on any atom is 0.248 e. The summed E-state index contributed by atoms with van der Waals surface area (Å²) in [6.07, 6.45) is 11.4. The number of hydrogen-bond donors (Lipinski definition) is 2. The number of hydrogen-bond acceptors (Lipinski definition) is 5. The molecular formula is C45H58N2O5. The smallest absolute Gasteiger partial charge is 0.248 e. The van der Waals surface area contributed by atoms with Gasteiger partial charge in [0, 0.05) is 53.1 Å². The van der Waals surface area contributed by atoms with Crippen molar-refractivity contribution in [1.29, 1.82) is 0 Å². The molecule has 9 atom stereocenters. The topological polar surface area (TPSA) is 92.0 Å². The molecule has 7 heteroatoms. The number of rotatable bonds is 4. The fourth-order valence-corrected chi connectivity index (χ4v) is 12.9. The molecule has 52 heavy (non-hydrogen) atoms. The highest BCUT2D eigenvalue weighted by atomic mass is 16.5. The van der Waals surface area contributed by atoms with Crippen LogP contribution >= 0.6 is 0 Å². The van der Waals surface area contributed by atoms with Crippen molar-refractivity contribution in [3.8, 4) is 0 Å². The molecular weight excluding hydrogens is 649 g/mol. The monoisotopic (exact) mass is 706 g/mol. The Hall–Kier alpha value is -3.26. The molecule has 0 unspecified atom stereocenters. The molecule has 8 rings (SSSR count). The number of nitrogens with zero attached hydrogens (tertiary/aromatic N) is 2. The number of carbonyl (C=O) groups excluding carboxylic acids is 2. The number of fused-ring (bicyclic) bond motifs is 11. The Morgan fingerprint density at radius 3 is 2.40 bits per heavy atom. The zero-order valence-corrected chi connectivity index (χ0v) is 33.1. The molecule has 6 aliphatic rings. The van der Waals surface area contributed by atoms with Gasteiger partial charge in [-0.2, -0.15) is 0 Å². The number of aliphatic hydroxyl groups excluding tert-OH is 2. The summed E-state index contributed by atoms with van der Waals surface area (Å²) in [5, 5.41) is 25.1. The number of allylic oxidation sites excluding steroid dienone is 3. The third kappa shape index (κ3) is 4.30. The minimum atomic E-state index is -0.851. The molecule has 3 heterocycles. The van der Waals surface area contributed by atoms with Gasteiger partial charge in [0.15, 0.2) is 5.78 Å². The zero-order chi connectivity index (χ0) is 37.8. The zero-order valence-electron chi connectivity index (χ0n) is 33.1. The maximum atomic E-state index is 14.9. The minimum Gasteiger partial charge on any atom is -0.392 e. The van der Waals surface area contributed by atoms with Gasteiger partial charge < -0.3 is 24.4 Å². The first-order valence-corrected chi connectivity index (χ1v) is 19.4. The Labute approximate surface area is 309 Å². The summed E-state index contributed by atoms with van der Waals surface area (Å²) >= 11 is 0. The lowest BCUT2D eigenvalue weighted by molar-refractivity contribution is -0.144. The van der Waals surface area contributed by atoms with Gasteiger partial charge in [0.2, 0.25) is 5.91 Å². The highest BCUT2D eigenvalue weighted by Gasteiger charge is 2.67. The molecule has 1 aromatic heterocycles. The van der Waals surface area contributed by atoms with Crippen LogP contribution in [0.15, 0.2) is 48.1 Å². The van der Waals surface area contributed by atoms with Crippen LogP contribution < -0.4 is 0 Å². The SMILES string of the molecule is C=C(C)[C@H]1C(=O)c2c3c(cc4c5c(n1c24)[C@@]1(C)[C@@H](CC[C@H]2[C@](C)(/C=C/C=C(\C)C(=O)N(C)C)[C@@H](O)CC[C@@]21C)C5)C1=CC(C)(C)OC(C)(C)[C@H]1[C@@H]3O. The van der Waals surface area contributed by atoms with Crippen molar-refractivity contribution in [3.63, 3.8) is 0 Å². The van der Waals surface area contributed by atoms with Crippen molar-refractivity contribution in [3.05, 3.63) is 76.0 Å². The van der Waals surface area contributed by atoms with Gasteiger partial charge in [0.05, 0.1) is 34.5 Å². The standard InChI is InChI=1S/C45H58N2O5/c1-23(2)35-38(50)33-32-26(29-22-41(4,5)52-42(6,7)34(29)37(32)49)21-27-28-20-25-15-16-30-43(8,18-13-14-24(3)40(51)46(11)12)31(48)17-19-44(30,9)45(25,10)39(28)47(35)36(27)33/h13-14,18,21-22,25,30-31,34-35,37,48-49H,1,15-17,19-20H2,2-12H3/b18-13+,24-14+/t25-,30-,31-,34+,35-,37+,43-,44-,45+/m0/s1. The minimum absolute atomic E-state index is 0.0239. The number of benzene rings is 1. The molecule has 2 fully saturated rings. The van der Waals surface area contributed by atoms with E-state index in [9.17, 15) is 19.8 Å². The average molecular weight is 707 g/mol. The summed E-state index contributed by atoms with van der Waals surface area (Å²) in [4.78, 5) is 29.1. The maximum absolute atomic E-state index is 14.9. The van der Waals surface area contributed by atoms with E-state index in [4.69, 9.17) is 4.74 Å². The summed E-state index contributed by atoms with van der Waals surface area (Å²) in [6, 6.07) is 1.78. The number of aromatic nitrogens is 1. The second-order valence-electron chi connectivity index (χ2n) is 19.2. The molecule has 2 N–H and O–H groups in total. The molecule has 4 aliphatic carbocycles. The van der Waals surface area contributed by atoms with Crippen molar-refractivity contribution in [2.75, 3.05) is 14.1 Å². The number of amides is 1. The molecule has 0 spiro atoms. The number of carbonyl (C=O) groups is 2. The fraction of sp³-hybridized carbons (Fsp3) is 0.600. The molecule has 0 radical (unpaired) electrons. The summed E-state index contributed by atoms with van der Waals surface area (Å²) < 4.78 is 8.90. The second kappa shape index (κ2) is 10.9. The number of likely N-dealkylation sites (N-methyl/N-ethyl adjacent to an activating group) is 1. The summed E-state index contributed by atoms with van der Waals surface area (Å²) in [5.41, 5.74) is 6.50. The van der Waals surface area contributed by atoms with Crippen LogP contribution in [0.25, 0.3) is 16.5 Å². The third-order valence-electron chi connectivity index (χ3n) is 15.2. The average Bonchev–Trinajstić information content (AvgIpc) is 3.71. The molecule has 0 bridgehead atoms. The van der Waals surface area contributed by atoms with Crippen molar-refractivity contribution >= 4 is 28.2 Å². The van der Waals surface area contributed by atoms with Crippen molar-refractivity contribution in [2.45, 2.75) is 129 Å². The normalized spacial score (nSPS) is 38.1. The number of ketones is 1. The van der Waals surface area contributed by atoms with Crippen LogP contribution in [0.4, 0.5) is 0 Å². The summed E-state index contributed by atoms with van der Waals surface area (Å²) in [5.74, 6) is 0.321. The van der Waals surface area contributed by atoms with Crippen LogP contribution in [-0.2, 0) is 21.4 Å². The molecule has 1 aromatic carbocycles. The molecule has 2 aliphatic heterocycles. The van der Waals surface area contributed by atoms with E-state index in [-0.39, 0.29) is 34.4 Å². The van der Waals surface area contributed by atoms with Gasteiger partial charge in [-0.25, -0.2) is 0 Å². The predicted octanol–water partition coefficient (Wildman–Crippen LogP) is 8.19. The lowest BCUT2D eigenvalue weighted by Crippen LogP contribution is -2.62. The van der Waals surface area contributed by atoms with Crippen LogP contribution in [-0.4, -0.2) is 62.8 Å². The molecule has 278 valence electrons. The molecule has 7 nitrogen and oxygen atoms in total. The van der Waals surface area contributed by atoms with Crippen molar-refractivity contribution in [1.82, 2.24) is 9.47 Å². The summed E-state index contributed by atoms with van der Waals surface area (Å²) in [6.45, 7) is 23.6. The first kappa shape index (κ1) is 35.8.